The molecule has 0 fully saturated rings. The third-order valence-corrected chi connectivity index (χ3v) is 3.82. The number of fused-ring (bicyclic) bond motifs is 1. The Balaban J connectivity index is 2.22. The number of amides is 1. The monoisotopic (exact) mass is 306 g/mol. The Morgan fingerprint density at radius 3 is 2.82 bits per heavy atom. The number of carbonyl (C=O) groups is 1. The molecule has 0 saturated heterocycles. The van der Waals surface area contributed by atoms with Gasteiger partial charge in [0.15, 0.2) is 5.69 Å². The fraction of sp³-hybridized carbons (Fsp3) is 0.333. The maximum atomic E-state index is 14.1. The summed E-state index contributed by atoms with van der Waals surface area (Å²) in [7, 11) is 1.93. The van der Waals surface area contributed by atoms with Crippen molar-refractivity contribution in [2.75, 3.05) is 13.6 Å². The number of hydrogen-bond donors (Lipinski definition) is 1. The highest BCUT2D eigenvalue weighted by Crippen LogP contribution is 2.28. The molecule has 0 bridgehead atoms. The zero-order chi connectivity index (χ0) is 15.9. The molecule has 1 aliphatic heterocycles. The molecule has 0 radical (unpaired) electrons. The van der Waals surface area contributed by atoms with Crippen LogP contribution in [0.2, 0.25) is 0 Å². The number of nitrogens with two attached hydrogens (primary N) is 1. The molecule has 1 aliphatic rings. The Morgan fingerprint density at radius 1 is 1.32 bits per heavy atom. The van der Waals surface area contributed by atoms with Gasteiger partial charge in [-0.25, -0.2) is 13.8 Å². The smallest absolute Gasteiger partial charge is 0.269 e. The lowest BCUT2D eigenvalue weighted by atomic mass is 10.2. The maximum Gasteiger partial charge on any atom is 0.269 e. The molecule has 1 aromatic heterocycles. The highest BCUT2D eigenvalue weighted by Gasteiger charge is 2.25. The maximum absolute atomic E-state index is 14.1. The SMILES string of the molecule is CN1CCCn2c(-c3cc(F)ccc3F)nc(C(N)=O)c2C1. The zero-order valence-corrected chi connectivity index (χ0v) is 12.1. The third-order valence-electron chi connectivity index (χ3n) is 3.82. The summed E-state index contributed by atoms with van der Waals surface area (Å²) in [4.78, 5) is 17.9. The normalized spacial score (nSPS) is 15.4. The van der Waals surface area contributed by atoms with Crippen molar-refractivity contribution in [2.45, 2.75) is 19.5 Å². The van der Waals surface area contributed by atoms with E-state index in [9.17, 15) is 13.6 Å². The van der Waals surface area contributed by atoms with E-state index < -0.39 is 17.5 Å². The summed E-state index contributed by atoms with van der Waals surface area (Å²) in [6.45, 7) is 1.90. The molecule has 5 nitrogen and oxygen atoms in total. The third kappa shape index (κ3) is 2.48. The van der Waals surface area contributed by atoms with Crippen LogP contribution in [0.1, 0.15) is 22.6 Å². The number of primary amides is 1. The van der Waals surface area contributed by atoms with E-state index in [0.717, 1.165) is 31.2 Å². The molecule has 0 spiro atoms. The van der Waals surface area contributed by atoms with E-state index in [4.69, 9.17) is 5.73 Å². The zero-order valence-electron chi connectivity index (χ0n) is 12.1. The molecule has 22 heavy (non-hydrogen) atoms. The van der Waals surface area contributed by atoms with Gasteiger partial charge in [0, 0.05) is 13.1 Å². The van der Waals surface area contributed by atoms with Crippen molar-refractivity contribution in [1.29, 1.82) is 0 Å². The van der Waals surface area contributed by atoms with Crippen LogP contribution in [0.25, 0.3) is 11.4 Å². The molecule has 116 valence electrons. The van der Waals surface area contributed by atoms with Crippen molar-refractivity contribution in [3.05, 3.63) is 41.2 Å². The second-order valence-corrected chi connectivity index (χ2v) is 5.46. The minimum atomic E-state index is -0.665. The van der Waals surface area contributed by atoms with Crippen LogP contribution >= 0.6 is 0 Å². The summed E-state index contributed by atoms with van der Waals surface area (Å²) in [5.41, 5.74) is 6.20. The topological polar surface area (TPSA) is 64.2 Å². The highest BCUT2D eigenvalue weighted by atomic mass is 19.1. The molecular formula is C15H16F2N4O. The molecule has 3 rings (SSSR count). The average molecular weight is 306 g/mol. The van der Waals surface area contributed by atoms with Gasteiger partial charge in [-0.1, -0.05) is 0 Å². The van der Waals surface area contributed by atoms with E-state index in [1.807, 2.05) is 11.9 Å². The fourth-order valence-corrected chi connectivity index (χ4v) is 2.79. The Labute approximate surface area is 126 Å². The van der Waals surface area contributed by atoms with Gasteiger partial charge in [-0.15, -0.1) is 0 Å². The van der Waals surface area contributed by atoms with Crippen LogP contribution < -0.4 is 5.73 Å². The van der Waals surface area contributed by atoms with Crippen LogP contribution in [-0.4, -0.2) is 34.0 Å². The van der Waals surface area contributed by atoms with E-state index in [-0.39, 0.29) is 17.1 Å². The van der Waals surface area contributed by atoms with Gasteiger partial charge in [-0.05, 0) is 38.2 Å². The number of hydrogen-bond acceptors (Lipinski definition) is 3. The number of imidazole rings is 1. The van der Waals surface area contributed by atoms with Gasteiger partial charge in [-0.3, -0.25) is 4.79 Å². The van der Waals surface area contributed by atoms with Crippen LogP contribution in [0.4, 0.5) is 8.78 Å². The second-order valence-electron chi connectivity index (χ2n) is 5.46. The number of carbonyl (C=O) groups excluding carboxylic acids is 1. The predicted octanol–water partition coefficient (Wildman–Crippen LogP) is 1.76. The van der Waals surface area contributed by atoms with Crippen molar-refractivity contribution in [1.82, 2.24) is 14.5 Å². The molecule has 0 saturated carbocycles. The van der Waals surface area contributed by atoms with E-state index >= 15 is 0 Å². The van der Waals surface area contributed by atoms with Crippen molar-refractivity contribution in [3.63, 3.8) is 0 Å². The Morgan fingerprint density at radius 2 is 2.09 bits per heavy atom. The minimum Gasteiger partial charge on any atom is -0.364 e. The molecule has 0 aliphatic carbocycles. The first-order valence-corrected chi connectivity index (χ1v) is 7.00. The molecule has 2 N–H and O–H groups in total. The second kappa shape index (κ2) is 5.49. The van der Waals surface area contributed by atoms with Gasteiger partial charge in [-0.2, -0.15) is 0 Å². The van der Waals surface area contributed by atoms with Gasteiger partial charge < -0.3 is 15.2 Å². The van der Waals surface area contributed by atoms with Crippen molar-refractivity contribution < 1.29 is 13.6 Å². The summed E-state index contributed by atoms with van der Waals surface area (Å²) >= 11 is 0. The first-order chi connectivity index (χ1) is 10.5. The van der Waals surface area contributed by atoms with Crippen LogP contribution in [0.3, 0.4) is 0 Å². The summed E-state index contributed by atoms with van der Waals surface area (Å²) in [6, 6.07) is 3.19. The predicted molar refractivity (Wildman–Crippen MR) is 77.0 cm³/mol. The Hall–Kier alpha value is -2.28. The quantitative estimate of drug-likeness (QED) is 0.919. The number of halogens is 2. The largest absolute Gasteiger partial charge is 0.364 e. The van der Waals surface area contributed by atoms with Crippen molar-refractivity contribution >= 4 is 5.91 Å². The van der Waals surface area contributed by atoms with E-state index in [0.29, 0.717) is 18.8 Å². The highest BCUT2D eigenvalue weighted by molar-refractivity contribution is 5.93. The number of rotatable bonds is 2. The fourth-order valence-electron chi connectivity index (χ4n) is 2.79. The lowest BCUT2D eigenvalue weighted by Gasteiger charge is -2.12. The van der Waals surface area contributed by atoms with Gasteiger partial charge in [0.25, 0.3) is 5.91 Å². The first-order valence-electron chi connectivity index (χ1n) is 7.00. The van der Waals surface area contributed by atoms with Crippen LogP contribution in [0.5, 0.6) is 0 Å². The Kier molecular flexibility index (Phi) is 3.66. The van der Waals surface area contributed by atoms with Crippen molar-refractivity contribution in [3.8, 4) is 11.4 Å². The van der Waals surface area contributed by atoms with Gasteiger partial charge in [0.05, 0.1) is 11.3 Å². The lowest BCUT2D eigenvalue weighted by molar-refractivity contribution is 0.0994. The minimum absolute atomic E-state index is 0.0401. The average Bonchev–Trinajstić information content (AvgIpc) is 2.69. The Bertz CT molecular complexity index is 741. The summed E-state index contributed by atoms with van der Waals surface area (Å²) in [6.07, 6.45) is 0.821. The molecular weight excluding hydrogens is 290 g/mol. The number of benzene rings is 1. The molecule has 0 atom stereocenters. The lowest BCUT2D eigenvalue weighted by Crippen LogP contribution is -2.21. The molecule has 2 aromatic rings. The standard InChI is InChI=1S/C15H16F2N4O/c1-20-5-2-6-21-12(8-20)13(14(18)22)19-15(21)10-7-9(16)3-4-11(10)17/h3-4,7H,2,5-6,8H2,1H3,(H2,18,22). The van der Waals surface area contributed by atoms with E-state index in [1.54, 1.807) is 4.57 Å². The number of nitrogens with zero attached hydrogens (tertiary/aromatic N) is 3. The van der Waals surface area contributed by atoms with Crippen LogP contribution in [0, 0.1) is 11.6 Å². The van der Waals surface area contributed by atoms with Crippen molar-refractivity contribution in [2.24, 2.45) is 5.73 Å². The van der Waals surface area contributed by atoms with E-state index in [2.05, 4.69) is 4.98 Å². The van der Waals surface area contributed by atoms with Gasteiger partial charge in [0.2, 0.25) is 0 Å². The van der Waals surface area contributed by atoms with Crippen LogP contribution in [0.15, 0.2) is 18.2 Å². The molecule has 0 unspecified atom stereocenters. The first kappa shape index (κ1) is 14.6. The molecule has 7 heteroatoms. The number of aromatic nitrogens is 2. The van der Waals surface area contributed by atoms with Gasteiger partial charge >= 0.3 is 0 Å². The van der Waals surface area contributed by atoms with Crippen LogP contribution in [-0.2, 0) is 13.1 Å². The van der Waals surface area contributed by atoms with Gasteiger partial charge in [0.1, 0.15) is 17.5 Å². The molecule has 2 heterocycles. The summed E-state index contributed by atoms with van der Waals surface area (Å²) < 4.78 is 29.3. The van der Waals surface area contributed by atoms with E-state index in [1.165, 1.54) is 0 Å². The molecule has 1 amide bonds. The molecule has 1 aromatic carbocycles. The summed E-state index contributed by atoms with van der Waals surface area (Å²) in [5.74, 6) is -1.55. The summed E-state index contributed by atoms with van der Waals surface area (Å²) in [5, 5.41) is 0.